The van der Waals surface area contributed by atoms with Gasteiger partial charge in [0.1, 0.15) is 5.75 Å². The Hall–Kier alpha value is -2.48. The second-order valence-electron chi connectivity index (χ2n) is 5.12. The Kier molecular flexibility index (Phi) is 3.07. The number of aromatic nitrogens is 1. The summed E-state index contributed by atoms with van der Waals surface area (Å²) in [5.74, 6) is 0.288. The Balaban J connectivity index is 2.21. The maximum atomic E-state index is 9.52. The first-order valence-corrected chi connectivity index (χ1v) is 6.70. The molecule has 0 saturated heterocycles. The normalized spacial score (nSPS) is 13.8. The van der Waals surface area contributed by atoms with Gasteiger partial charge in [-0.05, 0) is 42.3 Å². The minimum Gasteiger partial charge on any atom is -0.508 e. The predicted molar refractivity (Wildman–Crippen MR) is 80.9 cm³/mol. The summed E-state index contributed by atoms with van der Waals surface area (Å²) in [6, 6.07) is 21.9. The summed E-state index contributed by atoms with van der Waals surface area (Å²) in [7, 11) is 0. The molecular formula is C18H17NO. The Morgan fingerprint density at radius 1 is 0.800 bits per heavy atom. The zero-order valence-electron chi connectivity index (χ0n) is 11.4. The number of rotatable bonds is 3. The molecule has 20 heavy (non-hydrogen) atoms. The van der Waals surface area contributed by atoms with Crippen molar-refractivity contribution in [3.63, 3.8) is 0 Å². The summed E-state index contributed by atoms with van der Waals surface area (Å²) in [5, 5.41) is 9.52. The van der Waals surface area contributed by atoms with Crippen LogP contribution in [0.1, 0.15) is 23.7 Å². The van der Waals surface area contributed by atoms with Gasteiger partial charge in [-0.3, -0.25) is 0 Å². The van der Waals surface area contributed by atoms with Crippen molar-refractivity contribution in [2.45, 2.75) is 12.3 Å². The van der Waals surface area contributed by atoms with Gasteiger partial charge < -0.3 is 10.1 Å². The van der Waals surface area contributed by atoms with Gasteiger partial charge in [-0.2, -0.15) is 0 Å². The molecular weight excluding hydrogens is 246 g/mol. The standard InChI is InChI=1S/C18H17NO/c1-18(17-8-5-13-19-17,14-6-3-2-4-7-14)15-9-11-16(20)12-10-15/h2-13,19-20H,1H3/t18-/m0/s1. The van der Waals surface area contributed by atoms with Gasteiger partial charge in [0.25, 0.3) is 0 Å². The Labute approximate surface area is 118 Å². The van der Waals surface area contributed by atoms with E-state index in [2.05, 4.69) is 42.2 Å². The molecule has 0 amide bonds. The van der Waals surface area contributed by atoms with E-state index in [-0.39, 0.29) is 11.2 Å². The van der Waals surface area contributed by atoms with Crippen molar-refractivity contribution in [2.24, 2.45) is 0 Å². The molecule has 0 aliphatic rings. The lowest BCUT2D eigenvalue weighted by Crippen LogP contribution is -2.25. The lowest BCUT2D eigenvalue weighted by atomic mass is 9.74. The topological polar surface area (TPSA) is 36.0 Å². The molecule has 3 aromatic rings. The van der Waals surface area contributed by atoms with E-state index in [9.17, 15) is 5.11 Å². The first-order valence-electron chi connectivity index (χ1n) is 6.70. The second kappa shape index (κ2) is 4.89. The molecule has 100 valence electrons. The van der Waals surface area contributed by atoms with Crippen LogP contribution in [-0.2, 0) is 5.41 Å². The van der Waals surface area contributed by atoms with Crippen molar-refractivity contribution in [2.75, 3.05) is 0 Å². The van der Waals surface area contributed by atoms with Crippen LogP contribution in [-0.4, -0.2) is 10.1 Å². The molecule has 3 rings (SSSR count). The number of aromatic hydroxyl groups is 1. The highest BCUT2D eigenvalue weighted by Crippen LogP contribution is 2.38. The quantitative estimate of drug-likeness (QED) is 0.734. The van der Waals surface area contributed by atoms with Gasteiger partial charge in [0.2, 0.25) is 0 Å². The van der Waals surface area contributed by atoms with Crippen LogP contribution in [0.4, 0.5) is 0 Å². The van der Waals surface area contributed by atoms with Crippen molar-refractivity contribution in [1.29, 1.82) is 0 Å². The van der Waals surface area contributed by atoms with Gasteiger partial charge in [-0.25, -0.2) is 0 Å². The van der Waals surface area contributed by atoms with E-state index in [0.717, 1.165) is 11.3 Å². The number of nitrogens with one attached hydrogen (secondary N) is 1. The van der Waals surface area contributed by atoms with E-state index in [4.69, 9.17) is 0 Å². The molecule has 0 aliphatic heterocycles. The Morgan fingerprint density at radius 3 is 2.05 bits per heavy atom. The number of benzene rings is 2. The van der Waals surface area contributed by atoms with Crippen molar-refractivity contribution in [3.8, 4) is 5.75 Å². The van der Waals surface area contributed by atoms with Crippen molar-refractivity contribution in [1.82, 2.24) is 4.98 Å². The van der Waals surface area contributed by atoms with Gasteiger partial charge >= 0.3 is 0 Å². The third kappa shape index (κ3) is 1.99. The fourth-order valence-corrected chi connectivity index (χ4v) is 2.69. The maximum absolute atomic E-state index is 9.52. The summed E-state index contributed by atoms with van der Waals surface area (Å²) in [5.41, 5.74) is 3.23. The van der Waals surface area contributed by atoms with Crippen LogP contribution in [0.3, 0.4) is 0 Å². The molecule has 2 heteroatoms. The average molecular weight is 263 g/mol. The zero-order valence-corrected chi connectivity index (χ0v) is 11.4. The van der Waals surface area contributed by atoms with Crippen LogP contribution in [0, 0.1) is 0 Å². The lowest BCUT2D eigenvalue weighted by molar-refractivity contribution is 0.474. The summed E-state index contributed by atoms with van der Waals surface area (Å²) >= 11 is 0. The van der Waals surface area contributed by atoms with Gasteiger partial charge in [0.05, 0.1) is 5.41 Å². The van der Waals surface area contributed by atoms with Crippen molar-refractivity contribution < 1.29 is 5.11 Å². The van der Waals surface area contributed by atoms with Crippen LogP contribution in [0.25, 0.3) is 0 Å². The molecule has 2 N–H and O–H groups in total. The van der Waals surface area contributed by atoms with Crippen LogP contribution < -0.4 is 0 Å². The molecule has 0 saturated carbocycles. The summed E-state index contributed by atoms with van der Waals surface area (Å²) < 4.78 is 0. The molecule has 2 nitrogen and oxygen atoms in total. The van der Waals surface area contributed by atoms with Gasteiger partial charge in [0, 0.05) is 11.9 Å². The highest BCUT2D eigenvalue weighted by Gasteiger charge is 2.31. The summed E-state index contributed by atoms with van der Waals surface area (Å²) in [4.78, 5) is 3.33. The average Bonchev–Trinajstić information content (AvgIpc) is 3.03. The first kappa shape index (κ1) is 12.5. The number of phenolic OH excluding ortho intramolecular Hbond substituents is 1. The van der Waals surface area contributed by atoms with E-state index < -0.39 is 0 Å². The van der Waals surface area contributed by atoms with Crippen LogP contribution in [0.5, 0.6) is 5.75 Å². The van der Waals surface area contributed by atoms with Crippen LogP contribution in [0.2, 0.25) is 0 Å². The molecule has 0 unspecified atom stereocenters. The van der Waals surface area contributed by atoms with E-state index in [1.54, 1.807) is 12.1 Å². The van der Waals surface area contributed by atoms with E-state index >= 15 is 0 Å². The maximum Gasteiger partial charge on any atom is 0.115 e. The van der Waals surface area contributed by atoms with E-state index in [0.29, 0.717) is 0 Å². The minimum atomic E-state index is -0.265. The smallest absolute Gasteiger partial charge is 0.115 e. The molecule has 0 fully saturated rings. The summed E-state index contributed by atoms with van der Waals surface area (Å²) in [6.07, 6.45) is 1.94. The number of hydrogen-bond donors (Lipinski definition) is 2. The molecule has 1 heterocycles. The number of phenols is 1. The van der Waals surface area contributed by atoms with Crippen molar-refractivity contribution in [3.05, 3.63) is 89.7 Å². The van der Waals surface area contributed by atoms with Crippen molar-refractivity contribution >= 4 is 0 Å². The van der Waals surface area contributed by atoms with Gasteiger partial charge in [-0.15, -0.1) is 0 Å². The molecule has 1 atom stereocenters. The highest BCUT2D eigenvalue weighted by molar-refractivity contribution is 5.48. The van der Waals surface area contributed by atoms with Gasteiger partial charge in [-0.1, -0.05) is 42.5 Å². The van der Waals surface area contributed by atoms with E-state index in [1.807, 2.05) is 30.5 Å². The van der Waals surface area contributed by atoms with E-state index in [1.165, 1.54) is 5.56 Å². The molecule has 0 spiro atoms. The number of H-pyrrole nitrogens is 1. The zero-order chi connectivity index (χ0) is 14.0. The Morgan fingerprint density at radius 2 is 1.45 bits per heavy atom. The molecule has 2 aromatic carbocycles. The number of aromatic amines is 1. The lowest BCUT2D eigenvalue weighted by Gasteiger charge is -2.30. The molecule has 0 bridgehead atoms. The number of hydrogen-bond acceptors (Lipinski definition) is 1. The SMILES string of the molecule is C[C@](c1ccccc1)(c1ccc(O)cc1)c1ccc[nH]1. The largest absolute Gasteiger partial charge is 0.508 e. The Bertz CT molecular complexity index is 671. The van der Waals surface area contributed by atoms with Crippen LogP contribution in [0.15, 0.2) is 72.9 Å². The monoisotopic (exact) mass is 263 g/mol. The molecule has 1 aromatic heterocycles. The predicted octanol–water partition coefficient (Wildman–Crippen LogP) is 4.07. The second-order valence-corrected chi connectivity index (χ2v) is 5.12. The summed E-state index contributed by atoms with van der Waals surface area (Å²) in [6.45, 7) is 2.19. The fourth-order valence-electron chi connectivity index (χ4n) is 2.69. The minimum absolute atomic E-state index is 0.265. The molecule has 0 aliphatic carbocycles. The van der Waals surface area contributed by atoms with Crippen LogP contribution >= 0.6 is 0 Å². The van der Waals surface area contributed by atoms with Gasteiger partial charge in [0.15, 0.2) is 0 Å². The third-order valence-corrected chi connectivity index (χ3v) is 3.93. The highest BCUT2D eigenvalue weighted by atomic mass is 16.3. The molecule has 0 radical (unpaired) electrons. The first-order chi connectivity index (χ1) is 9.71. The third-order valence-electron chi connectivity index (χ3n) is 3.93. The fraction of sp³-hybridized carbons (Fsp3) is 0.111.